The second kappa shape index (κ2) is 7.94. The van der Waals surface area contributed by atoms with E-state index >= 15 is 0 Å². The largest absolute Gasteiger partial charge is 0.444 e. The van der Waals surface area contributed by atoms with Crippen LogP contribution < -0.4 is 5.32 Å². The second-order valence-corrected chi connectivity index (χ2v) is 4.30. The maximum atomic E-state index is 11.2. The topological polar surface area (TPSA) is 71.3 Å². The molecule has 0 fully saturated rings. The van der Waals surface area contributed by atoms with E-state index in [0.717, 1.165) is 6.42 Å². The Morgan fingerprint density at radius 3 is 2.62 bits per heavy atom. The number of carbonyl (C=O) groups is 1. The van der Waals surface area contributed by atoms with Crippen molar-refractivity contribution in [3.05, 3.63) is 0 Å². The number of hydrogen-bond donors (Lipinski definition) is 1. The molecule has 0 saturated heterocycles. The number of hydrogen-bond acceptors (Lipinski definition) is 4. The molecule has 0 aliphatic heterocycles. The highest BCUT2D eigenvalue weighted by molar-refractivity contribution is 5.67. The summed E-state index contributed by atoms with van der Waals surface area (Å²) in [6.07, 6.45) is 0.788. The molecule has 0 aliphatic rings. The Hall–Kier alpha value is -1.28. The third kappa shape index (κ3) is 10.8. The van der Waals surface area contributed by atoms with Crippen molar-refractivity contribution in [1.29, 1.82) is 5.26 Å². The average Bonchev–Trinajstić information content (AvgIpc) is 2.13. The Kier molecular flexibility index (Phi) is 7.31. The van der Waals surface area contributed by atoms with E-state index < -0.39 is 11.7 Å². The third-order valence-corrected chi connectivity index (χ3v) is 1.49. The smallest absolute Gasteiger partial charge is 0.407 e. The number of carbonyl (C=O) groups excluding carboxylic acids is 1. The van der Waals surface area contributed by atoms with Crippen LogP contribution >= 0.6 is 0 Å². The van der Waals surface area contributed by atoms with Crippen molar-refractivity contribution in [3.63, 3.8) is 0 Å². The van der Waals surface area contributed by atoms with Crippen LogP contribution in [0.3, 0.4) is 0 Å². The van der Waals surface area contributed by atoms with E-state index in [-0.39, 0.29) is 0 Å². The monoisotopic (exact) mass is 228 g/mol. The number of unbranched alkanes of at least 4 members (excludes halogenated alkanes) is 1. The summed E-state index contributed by atoms with van der Waals surface area (Å²) in [4.78, 5) is 11.2. The summed E-state index contributed by atoms with van der Waals surface area (Å²) >= 11 is 0. The first-order valence-electron chi connectivity index (χ1n) is 5.37. The van der Waals surface area contributed by atoms with Gasteiger partial charge in [0.25, 0.3) is 0 Å². The highest BCUT2D eigenvalue weighted by Gasteiger charge is 2.15. The summed E-state index contributed by atoms with van der Waals surface area (Å²) in [5, 5.41) is 10.8. The lowest BCUT2D eigenvalue weighted by Gasteiger charge is -2.19. The Balaban J connectivity index is 3.32. The van der Waals surface area contributed by atoms with Crippen molar-refractivity contribution >= 4 is 6.09 Å². The lowest BCUT2D eigenvalue weighted by atomic mass is 10.2. The normalized spacial score (nSPS) is 10.6. The molecule has 1 amide bonds. The zero-order chi connectivity index (χ0) is 12.4. The fraction of sp³-hybridized carbons (Fsp3) is 0.818. The Morgan fingerprint density at radius 2 is 2.06 bits per heavy atom. The predicted octanol–water partition coefficient (Wildman–Crippen LogP) is 1.83. The molecule has 5 nitrogen and oxygen atoms in total. The molecular weight excluding hydrogens is 208 g/mol. The van der Waals surface area contributed by atoms with Crippen LogP contribution in [-0.4, -0.2) is 31.5 Å². The number of rotatable bonds is 6. The lowest BCUT2D eigenvalue weighted by Crippen LogP contribution is -2.34. The first kappa shape index (κ1) is 14.7. The van der Waals surface area contributed by atoms with Crippen LogP contribution in [0.4, 0.5) is 4.79 Å². The van der Waals surface area contributed by atoms with Gasteiger partial charge < -0.3 is 14.8 Å². The van der Waals surface area contributed by atoms with E-state index in [1.165, 1.54) is 0 Å². The van der Waals surface area contributed by atoms with E-state index in [4.69, 9.17) is 14.7 Å². The van der Waals surface area contributed by atoms with Crippen LogP contribution in [0, 0.1) is 11.3 Å². The number of alkyl carbamates (subject to hydrolysis) is 1. The molecule has 0 aromatic heterocycles. The van der Waals surface area contributed by atoms with Gasteiger partial charge in [-0.2, -0.15) is 5.26 Å². The molecule has 0 rings (SSSR count). The number of amides is 1. The molecule has 0 aromatic rings. The molecule has 5 heteroatoms. The van der Waals surface area contributed by atoms with Crippen molar-refractivity contribution in [3.8, 4) is 6.07 Å². The van der Waals surface area contributed by atoms with E-state index in [1.807, 2.05) is 26.8 Å². The van der Waals surface area contributed by atoms with Gasteiger partial charge in [-0.15, -0.1) is 0 Å². The van der Waals surface area contributed by atoms with E-state index in [1.54, 1.807) is 0 Å². The molecule has 16 heavy (non-hydrogen) atoms. The number of ether oxygens (including phenoxy) is 2. The summed E-state index contributed by atoms with van der Waals surface area (Å²) in [5.41, 5.74) is -0.474. The van der Waals surface area contributed by atoms with Gasteiger partial charge in [0.05, 0.1) is 12.7 Å². The fourth-order valence-corrected chi connectivity index (χ4v) is 0.895. The first-order chi connectivity index (χ1) is 7.45. The highest BCUT2D eigenvalue weighted by Crippen LogP contribution is 2.05. The minimum atomic E-state index is -0.474. The zero-order valence-corrected chi connectivity index (χ0v) is 10.2. The number of nitrogens with zero attached hydrogens (tertiary/aromatic N) is 1. The second-order valence-electron chi connectivity index (χ2n) is 4.30. The van der Waals surface area contributed by atoms with Gasteiger partial charge in [0, 0.05) is 19.6 Å². The molecule has 0 bridgehead atoms. The molecule has 92 valence electrons. The van der Waals surface area contributed by atoms with Crippen LogP contribution in [0.5, 0.6) is 0 Å². The molecule has 0 unspecified atom stereocenters. The van der Waals surface area contributed by atoms with Gasteiger partial charge in [-0.05, 0) is 27.2 Å². The maximum Gasteiger partial charge on any atom is 0.407 e. The van der Waals surface area contributed by atoms with Crippen molar-refractivity contribution in [2.45, 2.75) is 39.2 Å². The van der Waals surface area contributed by atoms with Crippen LogP contribution in [0.15, 0.2) is 0 Å². The van der Waals surface area contributed by atoms with Crippen LogP contribution in [0.25, 0.3) is 0 Å². The van der Waals surface area contributed by atoms with Crippen molar-refractivity contribution < 1.29 is 14.3 Å². The first-order valence-corrected chi connectivity index (χ1v) is 5.37. The molecule has 0 heterocycles. The summed E-state index contributed by atoms with van der Waals surface area (Å²) < 4.78 is 10.2. The van der Waals surface area contributed by atoms with Gasteiger partial charge in [-0.1, -0.05) is 0 Å². The summed E-state index contributed by atoms with van der Waals surface area (Å²) in [6, 6.07) is 2.03. The maximum absolute atomic E-state index is 11.2. The minimum Gasteiger partial charge on any atom is -0.444 e. The highest BCUT2D eigenvalue weighted by atomic mass is 16.6. The Morgan fingerprint density at radius 1 is 1.38 bits per heavy atom. The molecular formula is C11H20N2O3. The van der Waals surface area contributed by atoms with E-state index in [2.05, 4.69) is 5.32 Å². The van der Waals surface area contributed by atoms with Crippen molar-refractivity contribution in [1.82, 2.24) is 5.32 Å². The minimum absolute atomic E-state index is 0.418. The van der Waals surface area contributed by atoms with Crippen molar-refractivity contribution in [2.75, 3.05) is 19.8 Å². The molecule has 0 radical (unpaired) electrons. The summed E-state index contributed by atoms with van der Waals surface area (Å²) in [6.45, 7) is 6.83. The van der Waals surface area contributed by atoms with Gasteiger partial charge in [0.1, 0.15) is 5.60 Å². The van der Waals surface area contributed by atoms with Gasteiger partial charge in [0.2, 0.25) is 0 Å². The lowest BCUT2D eigenvalue weighted by molar-refractivity contribution is 0.0499. The molecule has 0 aromatic carbocycles. The number of nitrogens with one attached hydrogen (secondary N) is 1. The fourth-order valence-electron chi connectivity index (χ4n) is 0.895. The Bertz CT molecular complexity index is 241. The van der Waals surface area contributed by atoms with E-state index in [9.17, 15) is 4.79 Å². The average molecular weight is 228 g/mol. The Labute approximate surface area is 96.7 Å². The SMILES string of the molecule is CC(C)(C)OC(=O)NCCOCCCC#N. The van der Waals surface area contributed by atoms with Crippen molar-refractivity contribution in [2.24, 2.45) is 0 Å². The van der Waals surface area contributed by atoms with Gasteiger partial charge in [-0.25, -0.2) is 4.79 Å². The predicted molar refractivity (Wildman–Crippen MR) is 59.9 cm³/mol. The van der Waals surface area contributed by atoms with Crippen LogP contribution in [-0.2, 0) is 9.47 Å². The van der Waals surface area contributed by atoms with Gasteiger partial charge >= 0.3 is 6.09 Å². The van der Waals surface area contributed by atoms with Gasteiger partial charge in [0.15, 0.2) is 0 Å². The standard InChI is InChI=1S/C11H20N2O3/c1-11(2,3)16-10(14)13-7-9-15-8-5-4-6-12/h4-5,7-9H2,1-3H3,(H,13,14). The molecule has 0 saturated carbocycles. The molecule has 0 aliphatic carbocycles. The van der Waals surface area contributed by atoms with E-state index in [0.29, 0.717) is 26.2 Å². The van der Waals surface area contributed by atoms with Crippen LogP contribution in [0.1, 0.15) is 33.6 Å². The number of nitriles is 1. The molecule has 0 spiro atoms. The van der Waals surface area contributed by atoms with Crippen LogP contribution in [0.2, 0.25) is 0 Å². The molecule has 0 atom stereocenters. The zero-order valence-electron chi connectivity index (χ0n) is 10.2. The summed E-state index contributed by atoms with van der Waals surface area (Å²) in [7, 11) is 0. The quantitative estimate of drug-likeness (QED) is 0.704. The third-order valence-electron chi connectivity index (χ3n) is 1.49. The van der Waals surface area contributed by atoms with Gasteiger partial charge in [-0.3, -0.25) is 0 Å². The summed E-state index contributed by atoms with van der Waals surface area (Å²) in [5.74, 6) is 0. The molecule has 1 N–H and O–H groups in total.